The number of amides is 1. The van der Waals surface area contributed by atoms with Crippen LogP contribution in [0.4, 0.5) is 0 Å². The van der Waals surface area contributed by atoms with Gasteiger partial charge in [0.25, 0.3) is 0 Å². The summed E-state index contributed by atoms with van der Waals surface area (Å²) in [5, 5.41) is 9.23. The summed E-state index contributed by atoms with van der Waals surface area (Å²) in [6.45, 7) is 4.82. The van der Waals surface area contributed by atoms with Crippen LogP contribution in [0.1, 0.15) is 50.7 Å². The summed E-state index contributed by atoms with van der Waals surface area (Å²) in [4.78, 5) is 29.8. The molecule has 1 N–H and O–H groups in total. The monoisotopic (exact) mass is 412 g/mol. The molecule has 6 nitrogen and oxygen atoms in total. The molecule has 1 aromatic carbocycles. The molecule has 0 saturated carbocycles. The fourth-order valence-electron chi connectivity index (χ4n) is 3.26. The lowest BCUT2D eigenvalue weighted by Crippen LogP contribution is -2.26. The quantitative estimate of drug-likeness (QED) is 0.525. The Balaban J connectivity index is 2.03. The number of aromatic nitrogens is 1. The first-order valence-corrected chi connectivity index (χ1v) is 10.6. The molecule has 0 bridgehead atoms. The molecule has 162 valence electrons. The molecule has 1 heterocycles. The van der Waals surface area contributed by atoms with Crippen LogP contribution in [-0.2, 0) is 27.3 Å². The largest absolute Gasteiger partial charge is 0.479 e. The minimum Gasteiger partial charge on any atom is -0.479 e. The molecule has 30 heavy (non-hydrogen) atoms. The van der Waals surface area contributed by atoms with Crippen molar-refractivity contribution in [1.29, 1.82) is 0 Å². The van der Waals surface area contributed by atoms with Crippen molar-refractivity contribution in [3.8, 4) is 11.3 Å². The number of carbonyl (C=O) groups is 2. The van der Waals surface area contributed by atoms with E-state index in [0.29, 0.717) is 19.6 Å². The number of rotatable bonds is 12. The van der Waals surface area contributed by atoms with Crippen molar-refractivity contribution < 1.29 is 19.4 Å². The van der Waals surface area contributed by atoms with Gasteiger partial charge in [-0.25, -0.2) is 4.79 Å². The number of aliphatic carboxylic acids is 1. The standard InChI is InChI=1S/C24H32N2O4/c1-4-6-7-11-23(27)26(3)17-19-9-8-10-20(14-19)21-13-12-18(16-25-21)15-22(24(28)29)30-5-2/h8-10,12-14,16,22H,4-7,11,15,17H2,1-3H3,(H,28,29)/t22-/m0/s1. The summed E-state index contributed by atoms with van der Waals surface area (Å²) in [7, 11) is 1.84. The van der Waals surface area contributed by atoms with E-state index < -0.39 is 12.1 Å². The van der Waals surface area contributed by atoms with Crippen molar-refractivity contribution in [1.82, 2.24) is 9.88 Å². The lowest BCUT2D eigenvalue weighted by Gasteiger charge is -2.18. The molecule has 2 aromatic rings. The molecule has 0 aliphatic carbocycles. The van der Waals surface area contributed by atoms with E-state index >= 15 is 0 Å². The van der Waals surface area contributed by atoms with Crippen LogP contribution >= 0.6 is 0 Å². The van der Waals surface area contributed by atoms with Gasteiger partial charge < -0.3 is 14.7 Å². The lowest BCUT2D eigenvalue weighted by atomic mass is 10.0. The molecule has 0 radical (unpaired) electrons. The predicted octanol–water partition coefficient (Wildman–Crippen LogP) is 4.32. The summed E-state index contributed by atoms with van der Waals surface area (Å²) >= 11 is 0. The number of carboxylic acids is 1. The molecule has 0 fully saturated rings. The Morgan fingerprint density at radius 3 is 2.57 bits per heavy atom. The first-order chi connectivity index (χ1) is 14.4. The van der Waals surface area contributed by atoms with Crippen molar-refractivity contribution in [2.45, 2.75) is 58.6 Å². The molecule has 1 aromatic heterocycles. The molecule has 1 atom stereocenters. The van der Waals surface area contributed by atoms with Crippen LogP contribution in [0, 0.1) is 0 Å². The number of hydrogen-bond acceptors (Lipinski definition) is 4. The highest BCUT2D eigenvalue weighted by atomic mass is 16.5. The number of pyridine rings is 1. The summed E-state index contributed by atoms with van der Waals surface area (Å²) in [6.07, 6.45) is 4.81. The maximum Gasteiger partial charge on any atom is 0.333 e. The maximum absolute atomic E-state index is 12.3. The van der Waals surface area contributed by atoms with Gasteiger partial charge in [0.1, 0.15) is 0 Å². The SMILES string of the molecule is CCCCCC(=O)N(C)Cc1cccc(-c2ccc(C[C@H](OCC)C(=O)O)cn2)c1. The van der Waals surface area contributed by atoms with Gasteiger partial charge in [-0.1, -0.05) is 44.0 Å². The number of unbranched alkanes of at least 4 members (excludes halogenated alkanes) is 2. The van der Waals surface area contributed by atoms with Gasteiger partial charge in [0.2, 0.25) is 5.91 Å². The van der Waals surface area contributed by atoms with Crippen LogP contribution < -0.4 is 0 Å². The van der Waals surface area contributed by atoms with E-state index in [1.54, 1.807) is 18.0 Å². The zero-order valence-corrected chi connectivity index (χ0v) is 18.1. The van der Waals surface area contributed by atoms with Crippen molar-refractivity contribution in [3.05, 3.63) is 53.7 Å². The molecule has 2 rings (SSSR count). The van der Waals surface area contributed by atoms with E-state index in [0.717, 1.165) is 41.6 Å². The molecular formula is C24H32N2O4. The van der Waals surface area contributed by atoms with Crippen LogP contribution in [0.3, 0.4) is 0 Å². The fourth-order valence-corrected chi connectivity index (χ4v) is 3.26. The topological polar surface area (TPSA) is 79.7 Å². The normalized spacial score (nSPS) is 11.8. The van der Waals surface area contributed by atoms with E-state index in [-0.39, 0.29) is 12.3 Å². The molecule has 0 aliphatic rings. The first kappa shape index (κ1) is 23.5. The summed E-state index contributed by atoms with van der Waals surface area (Å²) in [5.41, 5.74) is 3.63. The van der Waals surface area contributed by atoms with Crippen LogP contribution in [0.2, 0.25) is 0 Å². The van der Waals surface area contributed by atoms with Crippen LogP contribution in [0.15, 0.2) is 42.6 Å². The molecule has 1 amide bonds. The second kappa shape index (κ2) is 12.1. The fraction of sp³-hybridized carbons (Fsp3) is 0.458. The van der Waals surface area contributed by atoms with Gasteiger partial charge in [0.05, 0.1) is 5.69 Å². The smallest absolute Gasteiger partial charge is 0.333 e. The van der Waals surface area contributed by atoms with E-state index in [9.17, 15) is 14.7 Å². The second-order valence-electron chi connectivity index (χ2n) is 7.45. The third-order valence-electron chi connectivity index (χ3n) is 4.95. The van der Waals surface area contributed by atoms with Crippen molar-refractivity contribution in [2.75, 3.05) is 13.7 Å². The number of ether oxygens (including phenoxy) is 1. The van der Waals surface area contributed by atoms with Crippen molar-refractivity contribution in [3.63, 3.8) is 0 Å². The zero-order valence-electron chi connectivity index (χ0n) is 18.1. The Bertz CT molecular complexity index is 820. The van der Waals surface area contributed by atoms with Gasteiger partial charge in [-0.05, 0) is 36.6 Å². The molecule has 0 aliphatic heterocycles. The number of carbonyl (C=O) groups excluding carboxylic acids is 1. The first-order valence-electron chi connectivity index (χ1n) is 10.6. The third-order valence-corrected chi connectivity index (χ3v) is 4.95. The molecule has 0 unspecified atom stereocenters. The average molecular weight is 413 g/mol. The Morgan fingerprint density at radius 2 is 1.93 bits per heavy atom. The molecule has 0 spiro atoms. The summed E-state index contributed by atoms with van der Waals surface area (Å²) in [6, 6.07) is 11.8. The maximum atomic E-state index is 12.3. The van der Waals surface area contributed by atoms with Crippen LogP contribution in [0.25, 0.3) is 11.3 Å². The predicted molar refractivity (Wildman–Crippen MR) is 117 cm³/mol. The average Bonchev–Trinajstić information content (AvgIpc) is 2.74. The van der Waals surface area contributed by atoms with Crippen LogP contribution in [-0.4, -0.2) is 46.6 Å². The number of benzene rings is 1. The van der Waals surface area contributed by atoms with Gasteiger partial charge in [0, 0.05) is 44.8 Å². The Morgan fingerprint density at radius 1 is 1.13 bits per heavy atom. The number of hydrogen-bond donors (Lipinski definition) is 1. The van der Waals surface area contributed by atoms with Crippen LogP contribution in [0.5, 0.6) is 0 Å². The highest BCUT2D eigenvalue weighted by molar-refractivity contribution is 5.76. The number of carboxylic acid groups (broad SMARTS) is 1. The Labute approximate surface area is 178 Å². The highest BCUT2D eigenvalue weighted by Crippen LogP contribution is 2.20. The molecular weight excluding hydrogens is 380 g/mol. The van der Waals surface area contributed by atoms with E-state index in [2.05, 4.69) is 11.9 Å². The molecule has 0 saturated heterocycles. The number of nitrogens with zero attached hydrogens (tertiary/aromatic N) is 2. The van der Waals surface area contributed by atoms with Gasteiger partial charge >= 0.3 is 5.97 Å². The van der Waals surface area contributed by atoms with E-state index in [1.807, 2.05) is 43.4 Å². The Hall–Kier alpha value is -2.73. The zero-order chi connectivity index (χ0) is 21.9. The van der Waals surface area contributed by atoms with Gasteiger partial charge in [0.15, 0.2) is 6.10 Å². The van der Waals surface area contributed by atoms with E-state index in [1.165, 1.54) is 0 Å². The highest BCUT2D eigenvalue weighted by Gasteiger charge is 2.18. The van der Waals surface area contributed by atoms with Crippen molar-refractivity contribution in [2.24, 2.45) is 0 Å². The van der Waals surface area contributed by atoms with Gasteiger partial charge in [-0.15, -0.1) is 0 Å². The second-order valence-corrected chi connectivity index (χ2v) is 7.45. The van der Waals surface area contributed by atoms with E-state index in [4.69, 9.17) is 4.74 Å². The minimum atomic E-state index is -0.970. The summed E-state index contributed by atoms with van der Waals surface area (Å²) in [5.74, 6) is -0.805. The van der Waals surface area contributed by atoms with Gasteiger partial charge in [-0.2, -0.15) is 0 Å². The van der Waals surface area contributed by atoms with Crippen molar-refractivity contribution >= 4 is 11.9 Å². The summed E-state index contributed by atoms with van der Waals surface area (Å²) < 4.78 is 5.27. The third kappa shape index (κ3) is 7.26. The van der Waals surface area contributed by atoms with Gasteiger partial charge in [-0.3, -0.25) is 9.78 Å². The Kier molecular flexibility index (Phi) is 9.48. The minimum absolute atomic E-state index is 0.165. The lowest BCUT2D eigenvalue weighted by molar-refractivity contribution is -0.150. The molecule has 6 heteroatoms.